The molecule has 138 valence electrons. The number of carbonyl (C=O) groups is 1. The molecule has 1 amide bonds. The summed E-state index contributed by atoms with van der Waals surface area (Å²) in [5.74, 6) is 0.554. The minimum atomic E-state index is 0.183. The Labute approximate surface area is 153 Å². The zero-order chi connectivity index (χ0) is 17.1. The maximum absolute atomic E-state index is 13.0. The number of hydrogen-bond acceptors (Lipinski definition) is 6. The summed E-state index contributed by atoms with van der Waals surface area (Å²) in [4.78, 5) is 24.3. The lowest BCUT2D eigenvalue weighted by Gasteiger charge is -2.42. The summed E-state index contributed by atoms with van der Waals surface area (Å²) in [6.07, 6.45) is 6.28. The molecular formula is C18H28N4O2S. The van der Waals surface area contributed by atoms with Crippen LogP contribution in [0.25, 0.3) is 0 Å². The zero-order valence-corrected chi connectivity index (χ0v) is 15.6. The highest BCUT2D eigenvalue weighted by molar-refractivity contribution is 7.13. The molecule has 3 fully saturated rings. The lowest BCUT2D eigenvalue weighted by atomic mass is 9.93. The van der Waals surface area contributed by atoms with Gasteiger partial charge >= 0.3 is 0 Å². The van der Waals surface area contributed by atoms with E-state index in [0.717, 1.165) is 83.3 Å². The predicted octanol–water partition coefficient (Wildman–Crippen LogP) is 1.68. The van der Waals surface area contributed by atoms with E-state index in [0.29, 0.717) is 11.9 Å². The van der Waals surface area contributed by atoms with Crippen molar-refractivity contribution < 1.29 is 9.53 Å². The van der Waals surface area contributed by atoms with E-state index >= 15 is 0 Å². The summed E-state index contributed by atoms with van der Waals surface area (Å²) in [6, 6.07) is 0.617. The lowest BCUT2D eigenvalue weighted by Crippen LogP contribution is -2.54. The maximum Gasteiger partial charge on any atom is 0.227 e. The van der Waals surface area contributed by atoms with Gasteiger partial charge in [-0.15, -0.1) is 11.3 Å². The van der Waals surface area contributed by atoms with Crippen molar-refractivity contribution in [2.45, 2.75) is 31.7 Å². The van der Waals surface area contributed by atoms with Crippen LogP contribution in [0, 0.1) is 5.92 Å². The molecule has 3 aliphatic heterocycles. The van der Waals surface area contributed by atoms with E-state index in [1.165, 1.54) is 0 Å². The van der Waals surface area contributed by atoms with E-state index in [4.69, 9.17) is 4.74 Å². The van der Waals surface area contributed by atoms with Gasteiger partial charge in [0.15, 0.2) is 5.13 Å². The van der Waals surface area contributed by atoms with Gasteiger partial charge in [-0.25, -0.2) is 4.98 Å². The number of ether oxygens (including phenoxy) is 1. The number of anilines is 1. The number of piperidine rings is 1. The number of nitrogens with zero attached hydrogens (tertiary/aromatic N) is 4. The quantitative estimate of drug-likeness (QED) is 0.817. The van der Waals surface area contributed by atoms with Gasteiger partial charge in [0.2, 0.25) is 5.91 Å². The van der Waals surface area contributed by atoms with Crippen molar-refractivity contribution >= 4 is 22.4 Å². The molecule has 0 saturated carbocycles. The number of likely N-dealkylation sites (tertiary alicyclic amines) is 1. The smallest absolute Gasteiger partial charge is 0.227 e. The topological polar surface area (TPSA) is 48.9 Å². The van der Waals surface area contributed by atoms with Crippen molar-refractivity contribution in [1.29, 1.82) is 0 Å². The summed E-state index contributed by atoms with van der Waals surface area (Å²) < 4.78 is 5.49. The highest BCUT2D eigenvalue weighted by Gasteiger charge is 2.33. The van der Waals surface area contributed by atoms with Crippen LogP contribution in [0.5, 0.6) is 0 Å². The van der Waals surface area contributed by atoms with Gasteiger partial charge in [-0.3, -0.25) is 9.69 Å². The van der Waals surface area contributed by atoms with E-state index in [-0.39, 0.29) is 5.92 Å². The first-order valence-corrected chi connectivity index (χ1v) is 10.4. The second kappa shape index (κ2) is 8.01. The maximum atomic E-state index is 13.0. The number of piperazine rings is 1. The Morgan fingerprint density at radius 2 is 1.92 bits per heavy atom. The molecule has 25 heavy (non-hydrogen) atoms. The standard InChI is InChI=1S/C18H28N4O2S/c23-17(20-7-9-21(10-8-20)18-19-5-13-25-18)15-2-1-6-22(14-15)16-3-11-24-12-4-16/h5,13,15-16H,1-4,6-12,14H2/t15-/m0/s1. The van der Waals surface area contributed by atoms with Crippen LogP contribution in [0.4, 0.5) is 5.13 Å². The average molecular weight is 365 g/mol. The third-order valence-electron chi connectivity index (χ3n) is 5.79. The molecule has 0 radical (unpaired) electrons. The van der Waals surface area contributed by atoms with Crippen molar-refractivity contribution in [2.24, 2.45) is 5.92 Å². The second-order valence-electron chi connectivity index (χ2n) is 7.30. The Morgan fingerprint density at radius 1 is 1.12 bits per heavy atom. The summed E-state index contributed by atoms with van der Waals surface area (Å²) in [5, 5.41) is 3.09. The van der Waals surface area contributed by atoms with E-state index in [9.17, 15) is 4.79 Å². The number of carbonyl (C=O) groups excluding carboxylic acids is 1. The third kappa shape index (κ3) is 3.99. The molecule has 6 nitrogen and oxygen atoms in total. The fourth-order valence-corrected chi connectivity index (χ4v) is 5.04. The number of rotatable bonds is 3. The highest BCUT2D eigenvalue weighted by Crippen LogP contribution is 2.25. The molecule has 4 heterocycles. The average Bonchev–Trinajstić information content (AvgIpc) is 3.23. The Hall–Kier alpha value is -1.18. The molecule has 0 N–H and O–H groups in total. The molecule has 0 unspecified atom stereocenters. The molecule has 1 aromatic rings. The molecule has 0 aromatic carbocycles. The van der Waals surface area contributed by atoms with Crippen molar-refractivity contribution in [3.8, 4) is 0 Å². The first-order chi connectivity index (χ1) is 12.3. The van der Waals surface area contributed by atoms with Crippen LogP contribution >= 0.6 is 11.3 Å². The molecular weight excluding hydrogens is 336 g/mol. The summed E-state index contributed by atoms with van der Waals surface area (Å²) in [7, 11) is 0. The van der Waals surface area contributed by atoms with E-state index in [2.05, 4.69) is 19.7 Å². The van der Waals surface area contributed by atoms with Crippen molar-refractivity contribution in [3.63, 3.8) is 0 Å². The van der Waals surface area contributed by atoms with Crippen LogP contribution in [0.3, 0.4) is 0 Å². The number of hydrogen-bond donors (Lipinski definition) is 0. The second-order valence-corrected chi connectivity index (χ2v) is 8.18. The minimum absolute atomic E-state index is 0.183. The van der Waals surface area contributed by atoms with Crippen molar-refractivity contribution in [2.75, 3.05) is 57.4 Å². The molecule has 1 aromatic heterocycles. The molecule has 1 atom stereocenters. The summed E-state index contributed by atoms with van der Waals surface area (Å²) in [5.41, 5.74) is 0. The fourth-order valence-electron chi connectivity index (χ4n) is 4.34. The Kier molecular flexibility index (Phi) is 5.53. The summed E-state index contributed by atoms with van der Waals surface area (Å²) >= 11 is 1.68. The van der Waals surface area contributed by atoms with E-state index in [1.54, 1.807) is 11.3 Å². The Bertz CT molecular complexity index is 553. The van der Waals surface area contributed by atoms with Crippen molar-refractivity contribution in [3.05, 3.63) is 11.6 Å². The van der Waals surface area contributed by atoms with Crippen LogP contribution < -0.4 is 4.90 Å². The van der Waals surface area contributed by atoms with Crippen molar-refractivity contribution in [1.82, 2.24) is 14.8 Å². The van der Waals surface area contributed by atoms with Gasteiger partial charge in [0.05, 0.1) is 5.92 Å². The molecule has 3 saturated heterocycles. The third-order valence-corrected chi connectivity index (χ3v) is 6.62. The van der Waals surface area contributed by atoms with E-state index in [1.807, 2.05) is 11.6 Å². The van der Waals surface area contributed by atoms with Crippen LogP contribution in [-0.4, -0.2) is 79.2 Å². The SMILES string of the molecule is O=C([C@H]1CCCN(C2CCOCC2)C1)N1CCN(c2nccs2)CC1. The summed E-state index contributed by atoms with van der Waals surface area (Å²) in [6.45, 7) is 7.28. The fraction of sp³-hybridized carbons (Fsp3) is 0.778. The first kappa shape index (κ1) is 17.2. The van der Waals surface area contributed by atoms with Crippen LogP contribution in [0.2, 0.25) is 0 Å². The zero-order valence-electron chi connectivity index (χ0n) is 14.8. The van der Waals surface area contributed by atoms with Gasteiger partial charge in [0.25, 0.3) is 0 Å². The molecule has 3 aliphatic rings. The number of thiazole rings is 1. The Balaban J connectivity index is 1.30. The van der Waals surface area contributed by atoms with E-state index < -0.39 is 0 Å². The van der Waals surface area contributed by atoms with Crippen LogP contribution in [0.15, 0.2) is 11.6 Å². The largest absolute Gasteiger partial charge is 0.381 e. The normalized spacial score (nSPS) is 26.8. The van der Waals surface area contributed by atoms with Gasteiger partial charge in [-0.2, -0.15) is 0 Å². The molecule has 0 bridgehead atoms. The lowest BCUT2D eigenvalue weighted by molar-refractivity contribution is -0.138. The Morgan fingerprint density at radius 3 is 2.64 bits per heavy atom. The minimum Gasteiger partial charge on any atom is -0.381 e. The number of aromatic nitrogens is 1. The first-order valence-electron chi connectivity index (χ1n) is 9.56. The molecule has 7 heteroatoms. The van der Waals surface area contributed by atoms with Gasteiger partial charge < -0.3 is 14.5 Å². The monoisotopic (exact) mass is 364 g/mol. The predicted molar refractivity (Wildman–Crippen MR) is 99.0 cm³/mol. The van der Waals surface area contributed by atoms with Crippen LogP contribution in [-0.2, 0) is 9.53 Å². The molecule has 0 spiro atoms. The highest BCUT2D eigenvalue weighted by atomic mass is 32.1. The van der Waals surface area contributed by atoms with Gasteiger partial charge in [0, 0.05) is 63.6 Å². The van der Waals surface area contributed by atoms with Gasteiger partial charge in [-0.1, -0.05) is 0 Å². The molecule has 4 rings (SSSR count). The van der Waals surface area contributed by atoms with Gasteiger partial charge in [0.1, 0.15) is 0 Å². The number of amides is 1. The molecule has 0 aliphatic carbocycles. The van der Waals surface area contributed by atoms with Crippen LogP contribution in [0.1, 0.15) is 25.7 Å². The van der Waals surface area contributed by atoms with Gasteiger partial charge in [-0.05, 0) is 32.2 Å².